The highest BCUT2D eigenvalue weighted by Gasteiger charge is 2.15. The van der Waals surface area contributed by atoms with Gasteiger partial charge in [-0.2, -0.15) is 0 Å². The molecule has 0 N–H and O–H groups in total. The van der Waals surface area contributed by atoms with E-state index >= 15 is 0 Å². The summed E-state index contributed by atoms with van der Waals surface area (Å²) in [7, 11) is 0. The molecule has 1 amide bonds. The number of carbonyl (C=O) groups is 1. The van der Waals surface area contributed by atoms with E-state index in [0.717, 1.165) is 25.0 Å². The first-order valence-corrected chi connectivity index (χ1v) is 5.84. The monoisotopic (exact) mass is 241 g/mol. The predicted octanol–water partition coefficient (Wildman–Crippen LogP) is 3.23. The minimum Gasteiger partial charge on any atom is -0.339 e. The van der Waals surface area contributed by atoms with Gasteiger partial charge in [-0.3, -0.25) is 4.79 Å². The van der Waals surface area contributed by atoms with Gasteiger partial charge in [-0.25, -0.2) is 8.78 Å². The summed E-state index contributed by atoms with van der Waals surface area (Å²) in [5, 5.41) is 0. The molecule has 0 atom stereocenters. The van der Waals surface area contributed by atoms with Gasteiger partial charge in [-0.05, 0) is 31.0 Å². The molecule has 0 aliphatic heterocycles. The van der Waals surface area contributed by atoms with Crippen LogP contribution in [0, 0.1) is 11.6 Å². The molecule has 4 heteroatoms. The standard InChI is InChI=1S/C13H17F2NO/c1-3-7-16(8-4-2)13(17)10-5-6-11(14)12(15)9-10/h5-6,9H,3-4,7-8H2,1-2H3. The molecule has 17 heavy (non-hydrogen) atoms. The first kappa shape index (κ1) is 13.6. The summed E-state index contributed by atoms with van der Waals surface area (Å²) < 4.78 is 25.8. The second-order valence-corrected chi connectivity index (χ2v) is 3.92. The maximum Gasteiger partial charge on any atom is 0.253 e. The third kappa shape index (κ3) is 3.51. The van der Waals surface area contributed by atoms with E-state index in [0.29, 0.717) is 13.1 Å². The number of nitrogens with zero attached hydrogens (tertiary/aromatic N) is 1. The SMILES string of the molecule is CCCN(CCC)C(=O)c1ccc(F)c(F)c1. The Bertz CT molecular complexity index is 387. The van der Waals surface area contributed by atoms with Crippen molar-refractivity contribution in [2.45, 2.75) is 26.7 Å². The number of halogens is 2. The molecule has 0 heterocycles. The van der Waals surface area contributed by atoms with Crippen molar-refractivity contribution in [3.8, 4) is 0 Å². The van der Waals surface area contributed by atoms with E-state index in [-0.39, 0.29) is 11.5 Å². The second kappa shape index (κ2) is 6.33. The van der Waals surface area contributed by atoms with E-state index in [9.17, 15) is 13.6 Å². The van der Waals surface area contributed by atoms with Crippen molar-refractivity contribution < 1.29 is 13.6 Å². The summed E-state index contributed by atoms with van der Waals surface area (Å²) in [5.74, 6) is -2.16. The Hall–Kier alpha value is -1.45. The summed E-state index contributed by atoms with van der Waals surface area (Å²) >= 11 is 0. The van der Waals surface area contributed by atoms with Crippen LogP contribution >= 0.6 is 0 Å². The molecule has 0 bridgehead atoms. The van der Waals surface area contributed by atoms with E-state index in [1.807, 2.05) is 13.8 Å². The lowest BCUT2D eigenvalue weighted by molar-refractivity contribution is 0.0755. The number of rotatable bonds is 5. The summed E-state index contributed by atoms with van der Waals surface area (Å²) in [6.07, 6.45) is 1.69. The van der Waals surface area contributed by atoms with Crippen LogP contribution in [0.25, 0.3) is 0 Å². The van der Waals surface area contributed by atoms with Crippen LogP contribution in [0.3, 0.4) is 0 Å². The highest BCUT2D eigenvalue weighted by atomic mass is 19.2. The van der Waals surface area contributed by atoms with Gasteiger partial charge in [-0.15, -0.1) is 0 Å². The van der Waals surface area contributed by atoms with Crippen LogP contribution in [0.15, 0.2) is 18.2 Å². The van der Waals surface area contributed by atoms with Crippen LogP contribution < -0.4 is 0 Å². The van der Waals surface area contributed by atoms with Gasteiger partial charge in [-0.1, -0.05) is 13.8 Å². The molecule has 0 aromatic heterocycles. The molecule has 1 aromatic rings. The molecular formula is C13H17F2NO. The average Bonchev–Trinajstić information content (AvgIpc) is 2.31. The van der Waals surface area contributed by atoms with Crippen LogP contribution in [0.4, 0.5) is 8.78 Å². The third-order valence-electron chi connectivity index (χ3n) is 2.44. The summed E-state index contributed by atoms with van der Waals surface area (Å²) in [6, 6.07) is 3.26. The summed E-state index contributed by atoms with van der Waals surface area (Å²) in [5.41, 5.74) is 0.200. The van der Waals surface area contributed by atoms with Crippen molar-refractivity contribution in [1.29, 1.82) is 0 Å². The van der Waals surface area contributed by atoms with Crippen molar-refractivity contribution in [2.75, 3.05) is 13.1 Å². The lowest BCUT2D eigenvalue weighted by Crippen LogP contribution is -2.32. The Morgan fingerprint density at radius 2 is 1.71 bits per heavy atom. The fourth-order valence-electron chi connectivity index (χ4n) is 1.67. The lowest BCUT2D eigenvalue weighted by atomic mass is 10.1. The van der Waals surface area contributed by atoms with Gasteiger partial charge in [0.15, 0.2) is 11.6 Å². The first-order valence-electron chi connectivity index (χ1n) is 5.84. The zero-order valence-electron chi connectivity index (χ0n) is 10.2. The van der Waals surface area contributed by atoms with Crippen molar-refractivity contribution in [2.24, 2.45) is 0 Å². The Morgan fingerprint density at radius 1 is 1.12 bits per heavy atom. The molecule has 2 nitrogen and oxygen atoms in total. The number of amides is 1. The minimum atomic E-state index is -0.983. The Kier molecular flexibility index (Phi) is 5.07. The summed E-state index contributed by atoms with van der Waals surface area (Å²) in [4.78, 5) is 13.7. The quantitative estimate of drug-likeness (QED) is 0.775. The van der Waals surface area contributed by atoms with Crippen molar-refractivity contribution in [3.63, 3.8) is 0 Å². The average molecular weight is 241 g/mol. The number of hydrogen-bond acceptors (Lipinski definition) is 1. The predicted molar refractivity (Wildman–Crippen MR) is 62.8 cm³/mol. The van der Waals surface area contributed by atoms with Gasteiger partial charge in [0.25, 0.3) is 5.91 Å². The molecule has 0 spiro atoms. The van der Waals surface area contributed by atoms with Crippen LogP contribution in [-0.2, 0) is 0 Å². The zero-order valence-corrected chi connectivity index (χ0v) is 10.2. The maximum atomic E-state index is 13.0. The van der Waals surface area contributed by atoms with Crippen LogP contribution in [-0.4, -0.2) is 23.9 Å². The molecule has 94 valence electrons. The molecule has 0 aliphatic rings. The smallest absolute Gasteiger partial charge is 0.253 e. The Balaban J connectivity index is 2.88. The van der Waals surface area contributed by atoms with E-state index in [2.05, 4.69) is 0 Å². The Morgan fingerprint density at radius 3 is 2.18 bits per heavy atom. The number of benzene rings is 1. The normalized spacial score (nSPS) is 10.4. The van der Waals surface area contributed by atoms with Gasteiger partial charge >= 0.3 is 0 Å². The van der Waals surface area contributed by atoms with Crippen molar-refractivity contribution >= 4 is 5.91 Å². The molecule has 0 fully saturated rings. The van der Waals surface area contributed by atoms with Crippen LogP contribution in [0.5, 0.6) is 0 Å². The first-order chi connectivity index (χ1) is 8.10. The molecule has 0 saturated carbocycles. The molecule has 0 saturated heterocycles. The molecule has 1 aromatic carbocycles. The van der Waals surface area contributed by atoms with Crippen LogP contribution in [0.1, 0.15) is 37.0 Å². The van der Waals surface area contributed by atoms with E-state index < -0.39 is 11.6 Å². The van der Waals surface area contributed by atoms with E-state index in [1.165, 1.54) is 6.07 Å². The third-order valence-corrected chi connectivity index (χ3v) is 2.44. The molecule has 1 rings (SSSR count). The highest BCUT2D eigenvalue weighted by molar-refractivity contribution is 5.94. The molecule has 0 radical (unpaired) electrons. The van der Waals surface area contributed by atoms with Gasteiger partial charge in [0.1, 0.15) is 0 Å². The topological polar surface area (TPSA) is 20.3 Å². The maximum absolute atomic E-state index is 13.0. The van der Waals surface area contributed by atoms with Gasteiger partial charge in [0.2, 0.25) is 0 Å². The van der Waals surface area contributed by atoms with Gasteiger partial charge in [0.05, 0.1) is 0 Å². The molecular weight excluding hydrogens is 224 g/mol. The van der Waals surface area contributed by atoms with E-state index in [1.54, 1.807) is 4.90 Å². The Labute approximate surface area is 100 Å². The fourth-order valence-corrected chi connectivity index (χ4v) is 1.67. The fraction of sp³-hybridized carbons (Fsp3) is 0.462. The minimum absolute atomic E-state index is 0.200. The van der Waals surface area contributed by atoms with Crippen molar-refractivity contribution in [1.82, 2.24) is 4.90 Å². The van der Waals surface area contributed by atoms with Gasteiger partial charge in [0, 0.05) is 18.7 Å². The van der Waals surface area contributed by atoms with Gasteiger partial charge < -0.3 is 4.90 Å². The van der Waals surface area contributed by atoms with E-state index in [4.69, 9.17) is 0 Å². The molecule has 0 aliphatic carbocycles. The lowest BCUT2D eigenvalue weighted by Gasteiger charge is -2.21. The van der Waals surface area contributed by atoms with Crippen LogP contribution in [0.2, 0.25) is 0 Å². The number of hydrogen-bond donors (Lipinski definition) is 0. The molecule has 0 unspecified atom stereocenters. The number of carbonyl (C=O) groups excluding carboxylic acids is 1. The zero-order chi connectivity index (χ0) is 12.8. The highest BCUT2D eigenvalue weighted by Crippen LogP contribution is 2.11. The summed E-state index contributed by atoms with van der Waals surface area (Å²) in [6.45, 7) is 5.21. The van der Waals surface area contributed by atoms with Crippen molar-refractivity contribution in [3.05, 3.63) is 35.4 Å². The second-order valence-electron chi connectivity index (χ2n) is 3.92. The largest absolute Gasteiger partial charge is 0.339 e.